The zero-order chi connectivity index (χ0) is 12.3. The number of hydrogen-bond acceptors (Lipinski definition) is 5. The fourth-order valence-electron chi connectivity index (χ4n) is 1.44. The lowest BCUT2D eigenvalue weighted by atomic mass is 10.3. The van der Waals surface area contributed by atoms with Gasteiger partial charge in [-0.1, -0.05) is 0 Å². The minimum absolute atomic E-state index is 0.103. The average molecular weight is 234 g/mol. The van der Waals surface area contributed by atoms with Gasteiger partial charge in [-0.3, -0.25) is 4.79 Å². The molecule has 2 aromatic rings. The number of fused-ring (bicyclic) bond motifs is 1. The van der Waals surface area contributed by atoms with Crippen LogP contribution in [0.5, 0.6) is 0 Å². The maximum atomic E-state index is 11.2. The Morgan fingerprint density at radius 3 is 3.12 bits per heavy atom. The van der Waals surface area contributed by atoms with Gasteiger partial charge in [0.2, 0.25) is 5.91 Å². The van der Waals surface area contributed by atoms with E-state index in [2.05, 4.69) is 15.6 Å². The Morgan fingerprint density at radius 1 is 1.53 bits per heavy atom. The molecule has 0 saturated heterocycles. The van der Waals surface area contributed by atoms with E-state index in [0.29, 0.717) is 29.3 Å². The number of nitrogens with one attached hydrogen (secondary N) is 2. The molecule has 0 bridgehead atoms. The van der Waals surface area contributed by atoms with Gasteiger partial charge in [0.1, 0.15) is 5.52 Å². The molecule has 0 atom stereocenters. The number of amides is 1. The average Bonchev–Trinajstić information content (AvgIpc) is 2.68. The molecule has 1 aromatic carbocycles. The number of benzene rings is 1. The van der Waals surface area contributed by atoms with Crippen LogP contribution in [0, 0.1) is 0 Å². The van der Waals surface area contributed by atoms with Gasteiger partial charge in [-0.05, 0) is 25.1 Å². The summed E-state index contributed by atoms with van der Waals surface area (Å²) in [6.07, 6.45) is 0. The van der Waals surface area contributed by atoms with Crippen LogP contribution in [0.1, 0.15) is 6.92 Å². The molecule has 0 spiro atoms. The molecule has 4 N–H and O–H groups in total. The second-order valence-corrected chi connectivity index (χ2v) is 3.55. The molecular formula is C11H14N4O2. The van der Waals surface area contributed by atoms with E-state index in [1.54, 1.807) is 18.2 Å². The Kier molecular flexibility index (Phi) is 3.13. The number of carbonyl (C=O) groups excluding carboxylic acids is 1. The van der Waals surface area contributed by atoms with E-state index in [0.717, 1.165) is 0 Å². The van der Waals surface area contributed by atoms with Crippen LogP contribution in [-0.2, 0) is 4.79 Å². The lowest BCUT2D eigenvalue weighted by molar-refractivity contribution is -0.119. The van der Waals surface area contributed by atoms with E-state index in [9.17, 15) is 4.79 Å². The van der Waals surface area contributed by atoms with Crippen LogP contribution in [-0.4, -0.2) is 24.0 Å². The Morgan fingerprint density at radius 2 is 2.35 bits per heavy atom. The third kappa shape index (κ3) is 2.66. The molecule has 1 heterocycles. The van der Waals surface area contributed by atoms with Crippen LogP contribution in [0.15, 0.2) is 22.6 Å². The summed E-state index contributed by atoms with van der Waals surface area (Å²) in [6.45, 7) is 2.60. The van der Waals surface area contributed by atoms with Crippen molar-refractivity contribution in [3.05, 3.63) is 18.2 Å². The summed E-state index contributed by atoms with van der Waals surface area (Å²) in [4.78, 5) is 15.4. The first-order valence-corrected chi connectivity index (χ1v) is 5.35. The molecule has 0 aliphatic heterocycles. The molecule has 17 heavy (non-hydrogen) atoms. The van der Waals surface area contributed by atoms with E-state index in [1.807, 2.05) is 6.92 Å². The molecule has 90 valence electrons. The number of aromatic nitrogens is 1. The van der Waals surface area contributed by atoms with Crippen LogP contribution in [0.4, 0.5) is 11.7 Å². The first kappa shape index (κ1) is 11.3. The van der Waals surface area contributed by atoms with Gasteiger partial charge in [0.05, 0.1) is 6.54 Å². The molecular weight excluding hydrogens is 220 g/mol. The second-order valence-electron chi connectivity index (χ2n) is 3.55. The lowest BCUT2D eigenvalue weighted by Crippen LogP contribution is -2.29. The van der Waals surface area contributed by atoms with Crippen molar-refractivity contribution in [3.63, 3.8) is 0 Å². The van der Waals surface area contributed by atoms with Gasteiger partial charge in [0.25, 0.3) is 6.01 Å². The van der Waals surface area contributed by atoms with Crippen molar-refractivity contribution in [1.29, 1.82) is 0 Å². The summed E-state index contributed by atoms with van der Waals surface area (Å²) in [5.41, 5.74) is 7.56. The number of likely N-dealkylation sites (N-methyl/N-ethyl adjacent to an activating group) is 1. The molecule has 0 radical (unpaired) electrons. The lowest BCUT2D eigenvalue weighted by Gasteiger charge is -2.01. The third-order valence-electron chi connectivity index (χ3n) is 2.19. The van der Waals surface area contributed by atoms with Crippen molar-refractivity contribution in [1.82, 2.24) is 10.3 Å². The summed E-state index contributed by atoms with van der Waals surface area (Å²) in [7, 11) is 0. The SMILES string of the molecule is CCNC(=O)CNc1nc2cc(N)ccc2o1. The van der Waals surface area contributed by atoms with Crippen molar-refractivity contribution >= 4 is 28.7 Å². The summed E-state index contributed by atoms with van der Waals surface area (Å²) < 4.78 is 5.39. The summed E-state index contributed by atoms with van der Waals surface area (Å²) in [5.74, 6) is -0.103. The van der Waals surface area contributed by atoms with Gasteiger partial charge < -0.3 is 20.8 Å². The maximum Gasteiger partial charge on any atom is 0.296 e. The number of rotatable bonds is 4. The third-order valence-corrected chi connectivity index (χ3v) is 2.19. The predicted molar refractivity (Wildman–Crippen MR) is 65.6 cm³/mol. The highest BCUT2D eigenvalue weighted by molar-refractivity contribution is 5.81. The molecule has 0 aliphatic rings. The minimum atomic E-state index is -0.103. The van der Waals surface area contributed by atoms with Crippen molar-refractivity contribution in [2.75, 3.05) is 24.1 Å². The molecule has 6 heteroatoms. The number of anilines is 2. The van der Waals surface area contributed by atoms with Gasteiger partial charge >= 0.3 is 0 Å². The number of hydrogen-bond donors (Lipinski definition) is 3. The Hall–Kier alpha value is -2.24. The first-order valence-electron chi connectivity index (χ1n) is 5.35. The fourth-order valence-corrected chi connectivity index (χ4v) is 1.44. The topological polar surface area (TPSA) is 93.2 Å². The van der Waals surface area contributed by atoms with Gasteiger partial charge in [0.15, 0.2) is 5.58 Å². The number of nitrogens with two attached hydrogens (primary N) is 1. The molecule has 6 nitrogen and oxygen atoms in total. The Labute approximate surface area is 98.2 Å². The highest BCUT2D eigenvalue weighted by atomic mass is 16.4. The molecule has 0 aliphatic carbocycles. The summed E-state index contributed by atoms with van der Waals surface area (Å²) >= 11 is 0. The number of oxazole rings is 1. The molecule has 1 amide bonds. The minimum Gasteiger partial charge on any atom is -0.424 e. The molecule has 0 fully saturated rings. The van der Waals surface area contributed by atoms with E-state index in [1.165, 1.54) is 0 Å². The van der Waals surface area contributed by atoms with E-state index < -0.39 is 0 Å². The molecule has 0 unspecified atom stereocenters. The van der Waals surface area contributed by atoms with Crippen LogP contribution in [0.3, 0.4) is 0 Å². The smallest absolute Gasteiger partial charge is 0.296 e. The van der Waals surface area contributed by atoms with Crippen molar-refractivity contribution < 1.29 is 9.21 Å². The van der Waals surface area contributed by atoms with Crippen molar-refractivity contribution in [2.45, 2.75) is 6.92 Å². The summed E-state index contributed by atoms with van der Waals surface area (Å²) in [6, 6.07) is 5.52. The van der Waals surface area contributed by atoms with Crippen molar-refractivity contribution in [3.8, 4) is 0 Å². The van der Waals surface area contributed by atoms with Crippen LogP contribution in [0.25, 0.3) is 11.1 Å². The van der Waals surface area contributed by atoms with E-state index in [4.69, 9.17) is 10.2 Å². The van der Waals surface area contributed by atoms with Gasteiger partial charge in [0, 0.05) is 12.2 Å². The highest BCUT2D eigenvalue weighted by Crippen LogP contribution is 2.20. The Balaban J connectivity index is 2.07. The number of carbonyl (C=O) groups is 1. The zero-order valence-electron chi connectivity index (χ0n) is 9.49. The predicted octanol–water partition coefficient (Wildman–Crippen LogP) is 0.958. The van der Waals surface area contributed by atoms with Crippen LogP contribution in [0.2, 0.25) is 0 Å². The van der Waals surface area contributed by atoms with Gasteiger partial charge in [-0.25, -0.2) is 0 Å². The Bertz CT molecular complexity index is 535. The van der Waals surface area contributed by atoms with Crippen LogP contribution >= 0.6 is 0 Å². The molecule has 2 rings (SSSR count). The second kappa shape index (κ2) is 4.73. The van der Waals surface area contributed by atoms with Crippen LogP contribution < -0.4 is 16.4 Å². The van der Waals surface area contributed by atoms with Gasteiger partial charge in [-0.15, -0.1) is 0 Å². The monoisotopic (exact) mass is 234 g/mol. The zero-order valence-corrected chi connectivity index (χ0v) is 9.49. The fraction of sp³-hybridized carbons (Fsp3) is 0.273. The largest absolute Gasteiger partial charge is 0.424 e. The number of nitrogen functional groups attached to an aromatic ring is 1. The van der Waals surface area contributed by atoms with Gasteiger partial charge in [-0.2, -0.15) is 4.98 Å². The number of nitrogens with zero attached hydrogens (tertiary/aromatic N) is 1. The first-order chi connectivity index (χ1) is 8.19. The summed E-state index contributed by atoms with van der Waals surface area (Å²) in [5, 5.41) is 5.48. The highest BCUT2D eigenvalue weighted by Gasteiger charge is 2.06. The molecule has 0 saturated carbocycles. The quantitative estimate of drug-likeness (QED) is 0.685. The molecule has 1 aromatic heterocycles. The van der Waals surface area contributed by atoms with E-state index in [-0.39, 0.29) is 12.5 Å². The normalized spacial score (nSPS) is 10.4. The maximum absolute atomic E-state index is 11.2. The van der Waals surface area contributed by atoms with E-state index >= 15 is 0 Å². The van der Waals surface area contributed by atoms with Crippen molar-refractivity contribution in [2.24, 2.45) is 0 Å². The standard InChI is InChI=1S/C11H14N4O2/c1-2-13-10(16)6-14-11-15-8-5-7(12)3-4-9(8)17-11/h3-5H,2,6,12H2,1H3,(H,13,16)(H,14,15).